The van der Waals surface area contributed by atoms with Crippen LogP contribution in [0.1, 0.15) is 44.9 Å². The topological polar surface area (TPSA) is 57.6 Å². The van der Waals surface area contributed by atoms with Gasteiger partial charge in [-0.2, -0.15) is 0 Å². The molecule has 1 saturated heterocycles. The SMILES string of the molecule is CS(=O)(=O)CCC(O)C1(N2CCCC2)CCCC1. The zero-order chi connectivity index (χ0) is 13.2. The van der Waals surface area contributed by atoms with Crippen LogP contribution in [0.2, 0.25) is 0 Å². The Kier molecular flexibility index (Phi) is 4.34. The van der Waals surface area contributed by atoms with Gasteiger partial charge in [-0.3, -0.25) is 4.90 Å². The molecule has 18 heavy (non-hydrogen) atoms. The monoisotopic (exact) mass is 275 g/mol. The molecule has 5 heteroatoms. The lowest BCUT2D eigenvalue weighted by Gasteiger charge is -2.42. The summed E-state index contributed by atoms with van der Waals surface area (Å²) in [5.74, 6) is 0.101. The molecule has 0 aromatic heterocycles. The molecule has 0 amide bonds. The van der Waals surface area contributed by atoms with Crippen molar-refractivity contribution in [2.45, 2.75) is 56.6 Å². The molecule has 4 nitrogen and oxygen atoms in total. The molecule has 1 unspecified atom stereocenters. The van der Waals surface area contributed by atoms with E-state index in [1.807, 2.05) is 0 Å². The van der Waals surface area contributed by atoms with E-state index < -0.39 is 15.9 Å². The highest BCUT2D eigenvalue weighted by Gasteiger charge is 2.45. The fourth-order valence-electron chi connectivity index (χ4n) is 3.60. The van der Waals surface area contributed by atoms with Crippen molar-refractivity contribution in [3.05, 3.63) is 0 Å². The minimum Gasteiger partial charge on any atom is -0.391 e. The smallest absolute Gasteiger partial charge is 0.147 e. The standard InChI is InChI=1S/C13H25NO3S/c1-18(16,17)11-6-12(15)13(7-2-3-8-13)14-9-4-5-10-14/h12,15H,2-11H2,1H3. The summed E-state index contributed by atoms with van der Waals surface area (Å²) in [6, 6.07) is 0. The number of nitrogens with zero attached hydrogens (tertiary/aromatic N) is 1. The van der Waals surface area contributed by atoms with Crippen molar-refractivity contribution >= 4 is 9.84 Å². The maximum Gasteiger partial charge on any atom is 0.147 e. The van der Waals surface area contributed by atoms with Gasteiger partial charge in [0.1, 0.15) is 9.84 Å². The highest BCUT2D eigenvalue weighted by atomic mass is 32.2. The number of hydrogen-bond donors (Lipinski definition) is 1. The van der Waals surface area contributed by atoms with Crippen molar-refractivity contribution < 1.29 is 13.5 Å². The largest absolute Gasteiger partial charge is 0.391 e. The Labute approximate surface area is 110 Å². The van der Waals surface area contributed by atoms with Crippen LogP contribution >= 0.6 is 0 Å². The van der Waals surface area contributed by atoms with Gasteiger partial charge in [0.2, 0.25) is 0 Å². The van der Waals surface area contributed by atoms with Crippen molar-refractivity contribution in [3.63, 3.8) is 0 Å². The van der Waals surface area contributed by atoms with Crippen LogP contribution < -0.4 is 0 Å². The molecule has 2 fully saturated rings. The van der Waals surface area contributed by atoms with Gasteiger partial charge in [-0.25, -0.2) is 8.42 Å². The van der Waals surface area contributed by atoms with E-state index in [2.05, 4.69) is 4.90 Å². The molecule has 0 radical (unpaired) electrons. The molecule has 1 aliphatic heterocycles. The van der Waals surface area contributed by atoms with Crippen LogP contribution in [0.5, 0.6) is 0 Å². The number of hydrogen-bond acceptors (Lipinski definition) is 4. The van der Waals surface area contributed by atoms with E-state index in [9.17, 15) is 13.5 Å². The van der Waals surface area contributed by atoms with Crippen molar-refractivity contribution in [1.82, 2.24) is 4.90 Å². The normalized spacial score (nSPS) is 26.6. The Balaban J connectivity index is 2.04. The fourth-order valence-corrected chi connectivity index (χ4v) is 4.26. The predicted molar refractivity (Wildman–Crippen MR) is 72.3 cm³/mol. The summed E-state index contributed by atoms with van der Waals surface area (Å²) in [4.78, 5) is 2.42. The van der Waals surface area contributed by atoms with Crippen LogP contribution in [0.4, 0.5) is 0 Å². The summed E-state index contributed by atoms with van der Waals surface area (Å²) in [5.41, 5.74) is -0.124. The number of rotatable bonds is 5. The Morgan fingerprint density at radius 2 is 1.72 bits per heavy atom. The quantitative estimate of drug-likeness (QED) is 0.819. The average molecular weight is 275 g/mol. The zero-order valence-corrected chi connectivity index (χ0v) is 12.1. The van der Waals surface area contributed by atoms with Gasteiger partial charge in [-0.1, -0.05) is 12.8 Å². The van der Waals surface area contributed by atoms with Crippen LogP contribution in [0, 0.1) is 0 Å². The van der Waals surface area contributed by atoms with E-state index in [1.54, 1.807) is 0 Å². The van der Waals surface area contributed by atoms with Gasteiger partial charge in [0.05, 0.1) is 11.9 Å². The number of aliphatic hydroxyl groups excluding tert-OH is 1. The van der Waals surface area contributed by atoms with E-state index in [-0.39, 0.29) is 11.3 Å². The molecule has 2 rings (SSSR count). The van der Waals surface area contributed by atoms with Crippen molar-refractivity contribution in [2.75, 3.05) is 25.1 Å². The summed E-state index contributed by atoms with van der Waals surface area (Å²) < 4.78 is 22.5. The number of aliphatic hydroxyl groups is 1. The van der Waals surface area contributed by atoms with Gasteiger partial charge in [-0.15, -0.1) is 0 Å². The van der Waals surface area contributed by atoms with Crippen LogP contribution in [0.25, 0.3) is 0 Å². The Morgan fingerprint density at radius 1 is 1.17 bits per heavy atom. The molecule has 1 aliphatic carbocycles. The van der Waals surface area contributed by atoms with Gasteiger partial charge < -0.3 is 5.11 Å². The van der Waals surface area contributed by atoms with E-state index in [0.29, 0.717) is 6.42 Å². The van der Waals surface area contributed by atoms with Gasteiger partial charge in [0.15, 0.2) is 0 Å². The van der Waals surface area contributed by atoms with Crippen molar-refractivity contribution in [3.8, 4) is 0 Å². The second-order valence-corrected chi connectivity index (χ2v) is 8.20. The summed E-state index contributed by atoms with van der Waals surface area (Å²) in [5, 5.41) is 10.5. The van der Waals surface area contributed by atoms with Gasteiger partial charge in [0.25, 0.3) is 0 Å². The second-order valence-electron chi connectivity index (χ2n) is 5.94. The highest BCUT2D eigenvalue weighted by Crippen LogP contribution is 2.41. The van der Waals surface area contributed by atoms with Crippen LogP contribution in [0.15, 0.2) is 0 Å². The lowest BCUT2D eigenvalue weighted by Crippen LogP contribution is -2.54. The molecule has 1 atom stereocenters. The molecule has 1 saturated carbocycles. The second kappa shape index (κ2) is 5.47. The first-order valence-corrected chi connectivity index (χ1v) is 9.11. The summed E-state index contributed by atoms with van der Waals surface area (Å²) in [7, 11) is -2.98. The molecule has 1 N–H and O–H groups in total. The highest BCUT2D eigenvalue weighted by molar-refractivity contribution is 7.90. The first kappa shape index (κ1) is 14.3. The lowest BCUT2D eigenvalue weighted by atomic mass is 9.87. The first-order valence-electron chi connectivity index (χ1n) is 7.05. The van der Waals surface area contributed by atoms with Gasteiger partial charge >= 0.3 is 0 Å². The predicted octanol–water partition coefficient (Wildman–Crippen LogP) is 1.19. The summed E-state index contributed by atoms with van der Waals surface area (Å²) >= 11 is 0. The van der Waals surface area contributed by atoms with E-state index >= 15 is 0 Å². The number of sulfone groups is 1. The summed E-state index contributed by atoms with van der Waals surface area (Å²) in [6.07, 6.45) is 7.93. The Bertz CT molecular complexity index is 368. The fraction of sp³-hybridized carbons (Fsp3) is 1.00. The van der Waals surface area contributed by atoms with E-state index in [1.165, 1.54) is 19.1 Å². The molecule has 0 aromatic carbocycles. The number of likely N-dealkylation sites (tertiary alicyclic amines) is 1. The molecule has 106 valence electrons. The summed E-state index contributed by atoms with van der Waals surface area (Å²) in [6.45, 7) is 2.13. The molecule has 0 spiro atoms. The van der Waals surface area contributed by atoms with Crippen LogP contribution in [-0.4, -0.2) is 55.2 Å². The zero-order valence-electron chi connectivity index (χ0n) is 11.3. The molecule has 2 aliphatic rings. The average Bonchev–Trinajstić information content (AvgIpc) is 2.95. The lowest BCUT2D eigenvalue weighted by molar-refractivity contribution is -0.0189. The third kappa shape index (κ3) is 3.06. The first-order chi connectivity index (χ1) is 8.44. The maximum absolute atomic E-state index is 11.3. The molecule has 0 bridgehead atoms. The minimum atomic E-state index is -2.98. The molecule has 1 heterocycles. The van der Waals surface area contributed by atoms with Crippen LogP contribution in [0.3, 0.4) is 0 Å². The minimum absolute atomic E-state index is 0.101. The Morgan fingerprint density at radius 3 is 2.22 bits per heavy atom. The molecular formula is C13H25NO3S. The van der Waals surface area contributed by atoms with E-state index in [0.717, 1.165) is 38.8 Å². The van der Waals surface area contributed by atoms with Crippen LogP contribution in [-0.2, 0) is 9.84 Å². The third-order valence-corrected chi connectivity index (χ3v) is 5.56. The maximum atomic E-state index is 11.3. The van der Waals surface area contributed by atoms with Crippen molar-refractivity contribution in [1.29, 1.82) is 0 Å². The Hall–Kier alpha value is -0.130. The van der Waals surface area contributed by atoms with Gasteiger partial charge in [0, 0.05) is 11.8 Å². The van der Waals surface area contributed by atoms with E-state index in [4.69, 9.17) is 0 Å². The molecular weight excluding hydrogens is 250 g/mol. The molecule has 0 aromatic rings. The third-order valence-electron chi connectivity index (χ3n) is 4.59. The van der Waals surface area contributed by atoms with Gasteiger partial charge in [-0.05, 0) is 45.2 Å². The van der Waals surface area contributed by atoms with Crippen molar-refractivity contribution in [2.24, 2.45) is 0 Å².